The Morgan fingerprint density at radius 1 is 1.25 bits per heavy atom. The van der Waals surface area contributed by atoms with Crippen molar-refractivity contribution in [1.29, 1.82) is 0 Å². The van der Waals surface area contributed by atoms with E-state index in [1.165, 1.54) is 0 Å². The fraction of sp³-hybridized carbons (Fsp3) is 0.300. The average Bonchev–Trinajstić information content (AvgIpc) is 2.14. The van der Waals surface area contributed by atoms with Gasteiger partial charge in [-0.1, -0.05) is 0 Å². The number of hydrogen-bond donors (Lipinski definition) is 2. The maximum absolute atomic E-state index is 13.0. The molecule has 16 heavy (non-hydrogen) atoms. The second-order valence-electron chi connectivity index (χ2n) is 3.17. The quantitative estimate of drug-likeness (QED) is 0.767. The monoisotopic (exact) mass is 233 g/mol. The van der Waals surface area contributed by atoms with Gasteiger partial charge in [0.15, 0.2) is 11.6 Å². The first-order valence-electron chi connectivity index (χ1n) is 4.61. The smallest absolute Gasteiger partial charge is 0.303 e. The van der Waals surface area contributed by atoms with Crippen molar-refractivity contribution in [3.8, 4) is 0 Å². The van der Waals surface area contributed by atoms with Gasteiger partial charge >= 0.3 is 5.97 Å². The Morgan fingerprint density at radius 2 is 1.81 bits per heavy atom. The molecule has 88 valence electrons. The molecule has 0 radical (unpaired) electrons. The summed E-state index contributed by atoms with van der Waals surface area (Å²) in [6.07, 6.45) is 0.128. The molecular formula is C10H10F3NO2. The van der Waals surface area contributed by atoms with Crippen LogP contribution in [0.5, 0.6) is 0 Å². The average molecular weight is 233 g/mol. The van der Waals surface area contributed by atoms with E-state index in [4.69, 9.17) is 5.11 Å². The molecule has 0 aliphatic heterocycles. The number of carbonyl (C=O) groups is 1. The molecule has 0 amide bonds. The van der Waals surface area contributed by atoms with Gasteiger partial charge in [-0.3, -0.25) is 4.79 Å². The van der Waals surface area contributed by atoms with E-state index in [0.717, 1.165) is 0 Å². The minimum Gasteiger partial charge on any atom is -0.481 e. The van der Waals surface area contributed by atoms with Gasteiger partial charge in [-0.15, -0.1) is 0 Å². The van der Waals surface area contributed by atoms with E-state index in [1.54, 1.807) is 0 Å². The molecule has 0 spiro atoms. The molecule has 0 aliphatic carbocycles. The van der Waals surface area contributed by atoms with Crippen molar-refractivity contribution in [2.45, 2.75) is 12.8 Å². The molecule has 2 N–H and O–H groups in total. The lowest BCUT2D eigenvalue weighted by molar-refractivity contribution is -0.137. The third kappa shape index (κ3) is 3.45. The summed E-state index contributed by atoms with van der Waals surface area (Å²) in [6, 6.07) is 1.12. The van der Waals surface area contributed by atoms with Crippen LogP contribution in [0, 0.1) is 17.5 Å². The summed E-state index contributed by atoms with van der Waals surface area (Å²) < 4.78 is 38.6. The molecule has 0 saturated heterocycles. The number of anilines is 1. The zero-order chi connectivity index (χ0) is 12.1. The van der Waals surface area contributed by atoms with Crippen LogP contribution in [0.1, 0.15) is 12.8 Å². The first-order valence-corrected chi connectivity index (χ1v) is 4.61. The maximum atomic E-state index is 13.0. The molecule has 1 aromatic carbocycles. The molecule has 1 rings (SSSR count). The molecule has 0 saturated carbocycles. The lowest BCUT2D eigenvalue weighted by Crippen LogP contribution is -2.08. The summed E-state index contributed by atoms with van der Waals surface area (Å²) in [5.74, 6) is -4.05. The first kappa shape index (κ1) is 12.4. The van der Waals surface area contributed by atoms with E-state index in [-0.39, 0.29) is 19.4 Å². The summed E-state index contributed by atoms with van der Waals surface area (Å²) in [7, 11) is 0. The number of carboxylic acids is 1. The van der Waals surface area contributed by atoms with Crippen LogP contribution in [0.2, 0.25) is 0 Å². The highest BCUT2D eigenvalue weighted by atomic mass is 19.1. The van der Waals surface area contributed by atoms with Crippen molar-refractivity contribution in [2.24, 2.45) is 0 Å². The summed E-state index contributed by atoms with van der Waals surface area (Å²) in [4.78, 5) is 10.2. The van der Waals surface area contributed by atoms with Gasteiger partial charge in [0.05, 0.1) is 0 Å². The summed E-state index contributed by atoms with van der Waals surface area (Å²) in [6.45, 7) is 0.103. The molecule has 0 heterocycles. The second-order valence-corrected chi connectivity index (χ2v) is 3.17. The minimum absolute atomic E-state index is 0.0998. The Bertz CT molecular complexity index is 373. The second kappa shape index (κ2) is 5.39. The third-order valence-corrected chi connectivity index (χ3v) is 1.88. The molecule has 0 unspecified atom stereocenters. The highest BCUT2D eigenvalue weighted by molar-refractivity contribution is 5.66. The van der Waals surface area contributed by atoms with Crippen LogP contribution in [0.25, 0.3) is 0 Å². The van der Waals surface area contributed by atoms with Gasteiger partial charge in [0, 0.05) is 25.1 Å². The number of benzene rings is 1. The number of rotatable bonds is 5. The summed E-state index contributed by atoms with van der Waals surface area (Å²) in [5, 5.41) is 10.7. The number of aliphatic carboxylic acids is 1. The number of carboxylic acid groups (broad SMARTS) is 1. The van der Waals surface area contributed by atoms with E-state index in [1.807, 2.05) is 0 Å². The highest BCUT2D eigenvalue weighted by Crippen LogP contribution is 2.19. The van der Waals surface area contributed by atoms with Crippen LogP contribution in [0.15, 0.2) is 12.1 Å². The summed E-state index contributed by atoms with van der Waals surface area (Å²) in [5.41, 5.74) is -0.438. The lowest BCUT2D eigenvalue weighted by Gasteiger charge is -2.07. The van der Waals surface area contributed by atoms with E-state index >= 15 is 0 Å². The van der Waals surface area contributed by atoms with Crippen LogP contribution in [0.3, 0.4) is 0 Å². The van der Waals surface area contributed by atoms with Crippen LogP contribution < -0.4 is 5.32 Å². The molecule has 0 bridgehead atoms. The fourth-order valence-corrected chi connectivity index (χ4v) is 1.16. The van der Waals surface area contributed by atoms with Gasteiger partial charge in [0.1, 0.15) is 11.5 Å². The molecule has 0 atom stereocenters. The van der Waals surface area contributed by atoms with Crippen molar-refractivity contribution in [3.05, 3.63) is 29.6 Å². The first-order chi connectivity index (χ1) is 7.50. The van der Waals surface area contributed by atoms with Gasteiger partial charge in [-0.25, -0.2) is 13.2 Å². The molecule has 6 heteroatoms. The predicted molar refractivity (Wildman–Crippen MR) is 51.7 cm³/mol. The predicted octanol–water partition coefficient (Wildman–Crippen LogP) is 2.38. The number of nitrogens with one attached hydrogen (secondary N) is 1. The fourth-order valence-electron chi connectivity index (χ4n) is 1.16. The van der Waals surface area contributed by atoms with Crippen molar-refractivity contribution < 1.29 is 23.1 Å². The van der Waals surface area contributed by atoms with Crippen LogP contribution >= 0.6 is 0 Å². The zero-order valence-electron chi connectivity index (χ0n) is 8.27. The Morgan fingerprint density at radius 3 is 2.31 bits per heavy atom. The largest absolute Gasteiger partial charge is 0.481 e. The van der Waals surface area contributed by atoms with Gasteiger partial charge < -0.3 is 10.4 Å². The maximum Gasteiger partial charge on any atom is 0.303 e. The number of hydrogen-bond acceptors (Lipinski definition) is 2. The standard InChI is InChI=1S/C10H10F3NO2/c11-6-4-7(12)10(8(13)5-6)14-3-1-2-9(15)16/h4-5,14H,1-3H2,(H,15,16). The highest BCUT2D eigenvalue weighted by Gasteiger charge is 2.10. The Kier molecular flexibility index (Phi) is 4.16. The molecule has 0 aromatic heterocycles. The van der Waals surface area contributed by atoms with E-state index in [2.05, 4.69) is 5.32 Å². The van der Waals surface area contributed by atoms with Gasteiger partial charge in [0.25, 0.3) is 0 Å². The van der Waals surface area contributed by atoms with E-state index in [9.17, 15) is 18.0 Å². The molecule has 0 aliphatic rings. The SMILES string of the molecule is O=C(O)CCCNc1c(F)cc(F)cc1F. The zero-order valence-corrected chi connectivity index (χ0v) is 8.27. The molecule has 1 aromatic rings. The van der Waals surface area contributed by atoms with Crippen molar-refractivity contribution >= 4 is 11.7 Å². The van der Waals surface area contributed by atoms with Crippen LogP contribution in [0.4, 0.5) is 18.9 Å². The normalized spacial score (nSPS) is 10.2. The third-order valence-electron chi connectivity index (χ3n) is 1.88. The van der Waals surface area contributed by atoms with Gasteiger partial charge in [-0.05, 0) is 6.42 Å². The topological polar surface area (TPSA) is 49.3 Å². The van der Waals surface area contributed by atoms with E-state index < -0.39 is 29.1 Å². The van der Waals surface area contributed by atoms with Crippen molar-refractivity contribution in [2.75, 3.05) is 11.9 Å². The molecular weight excluding hydrogens is 223 g/mol. The van der Waals surface area contributed by atoms with Crippen molar-refractivity contribution in [1.82, 2.24) is 0 Å². The number of halogens is 3. The minimum atomic E-state index is -1.03. The van der Waals surface area contributed by atoms with Crippen LogP contribution in [-0.2, 0) is 4.79 Å². The lowest BCUT2D eigenvalue weighted by atomic mass is 10.2. The van der Waals surface area contributed by atoms with Gasteiger partial charge in [-0.2, -0.15) is 0 Å². The van der Waals surface area contributed by atoms with Gasteiger partial charge in [0.2, 0.25) is 0 Å². The van der Waals surface area contributed by atoms with E-state index in [0.29, 0.717) is 12.1 Å². The molecule has 0 fully saturated rings. The molecule has 3 nitrogen and oxygen atoms in total. The van der Waals surface area contributed by atoms with Crippen molar-refractivity contribution in [3.63, 3.8) is 0 Å². The Balaban J connectivity index is 2.57. The summed E-state index contributed by atoms with van der Waals surface area (Å²) >= 11 is 0. The Labute approximate surface area is 89.9 Å². The Hall–Kier alpha value is -1.72. The van der Waals surface area contributed by atoms with Crippen LogP contribution in [-0.4, -0.2) is 17.6 Å².